The number of benzene rings is 1. The van der Waals surface area contributed by atoms with Crippen molar-refractivity contribution in [2.45, 2.75) is 0 Å². The fraction of sp³-hybridized carbons (Fsp3) is 0. The number of hydrogen-bond acceptors (Lipinski definition) is 2. The lowest BCUT2D eigenvalue weighted by molar-refractivity contribution is 1.31. The van der Waals surface area contributed by atoms with E-state index in [-0.39, 0.29) is 0 Å². The first-order chi connectivity index (χ1) is 10.3. The Bertz CT molecular complexity index is 688. The first-order valence-electron chi connectivity index (χ1n) is 6.59. The molecule has 0 bridgehead atoms. The molecule has 1 aromatic carbocycles. The van der Waals surface area contributed by atoms with Crippen molar-refractivity contribution >= 4 is 24.1 Å². The number of rotatable bonds is 6. The predicted molar refractivity (Wildman–Crippen MR) is 91.1 cm³/mol. The van der Waals surface area contributed by atoms with Gasteiger partial charge in [0.05, 0.1) is 0 Å². The number of allylic oxidation sites excluding steroid dienone is 4. The Kier molecular flexibility index (Phi) is 5.24. The van der Waals surface area contributed by atoms with Crippen molar-refractivity contribution in [2.24, 2.45) is 9.98 Å². The van der Waals surface area contributed by atoms with Gasteiger partial charge >= 0.3 is 0 Å². The predicted octanol–water partition coefficient (Wildman–Crippen LogP) is 4.77. The van der Waals surface area contributed by atoms with Crippen LogP contribution in [0.4, 0.5) is 11.6 Å². The molecule has 1 aromatic heterocycles. The van der Waals surface area contributed by atoms with Gasteiger partial charge < -0.3 is 4.98 Å². The molecule has 3 heteroatoms. The molecular formula is C18H17N3. The monoisotopic (exact) mass is 275 g/mol. The zero-order valence-corrected chi connectivity index (χ0v) is 11.7. The molecule has 0 spiro atoms. The van der Waals surface area contributed by atoms with Gasteiger partial charge in [-0.15, -0.1) is 0 Å². The van der Waals surface area contributed by atoms with Crippen molar-refractivity contribution in [3.8, 4) is 0 Å². The summed E-state index contributed by atoms with van der Waals surface area (Å²) in [6, 6.07) is 13.7. The van der Waals surface area contributed by atoms with Gasteiger partial charge in [-0.25, -0.2) is 9.98 Å². The lowest BCUT2D eigenvalue weighted by Gasteiger charge is -1.91. The largest absolute Gasteiger partial charge is 0.325 e. The molecule has 0 saturated carbocycles. The van der Waals surface area contributed by atoms with Crippen LogP contribution in [-0.4, -0.2) is 17.4 Å². The van der Waals surface area contributed by atoms with Crippen LogP contribution in [0.25, 0.3) is 0 Å². The van der Waals surface area contributed by atoms with Gasteiger partial charge in [-0.1, -0.05) is 61.7 Å². The summed E-state index contributed by atoms with van der Waals surface area (Å²) < 4.78 is 0. The lowest BCUT2D eigenvalue weighted by atomic mass is 10.2. The van der Waals surface area contributed by atoms with Crippen LogP contribution in [0.1, 0.15) is 5.56 Å². The highest BCUT2D eigenvalue weighted by Gasteiger charge is 1.94. The average molecular weight is 275 g/mol. The summed E-state index contributed by atoms with van der Waals surface area (Å²) in [5, 5.41) is 0. The Morgan fingerprint density at radius 3 is 2.33 bits per heavy atom. The third kappa shape index (κ3) is 4.58. The zero-order valence-electron chi connectivity index (χ0n) is 11.7. The van der Waals surface area contributed by atoms with E-state index in [1.165, 1.54) is 0 Å². The van der Waals surface area contributed by atoms with Crippen LogP contribution in [0.5, 0.6) is 0 Å². The highest BCUT2D eigenvalue weighted by molar-refractivity contribution is 5.84. The van der Waals surface area contributed by atoms with Crippen molar-refractivity contribution < 1.29 is 0 Å². The van der Waals surface area contributed by atoms with Gasteiger partial charge in [0.15, 0.2) is 0 Å². The Labute approximate surface area is 124 Å². The molecule has 0 fully saturated rings. The molecule has 0 saturated heterocycles. The van der Waals surface area contributed by atoms with Crippen molar-refractivity contribution in [1.29, 1.82) is 0 Å². The molecule has 1 heterocycles. The normalized spacial score (nSPS) is 12.1. The van der Waals surface area contributed by atoms with Gasteiger partial charge in [0.2, 0.25) is 0 Å². The number of aromatic amines is 1. The second-order valence-corrected chi connectivity index (χ2v) is 4.26. The molecule has 21 heavy (non-hydrogen) atoms. The highest BCUT2D eigenvalue weighted by Crippen LogP contribution is 2.17. The standard InChI is InChI=1S/C18H17N3/c1-3-8-15(4-2)13-19-17-11-12-18(21-17)20-14-16-9-6-5-7-10-16/h3-14,21H,1-2H2/b15-8+,19-13+,20-14+. The topological polar surface area (TPSA) is 40.5 Å². The van der Waals surface area contributed by atoms with E-state index in [0.717, 1.165) is 22.8 Å². The Hall–Kier alpha value is -2.94. The number of hydrogen-bond donors (Lipinski definition) is 1. The molecule has 0 unspecified atom stereocenters. The van der Waals surface area contributed by atoms with Crippen LogP contribution in [0.3, 0.4) is 0 Å². The number of nitrogens with one attached hydrogen (secondary N) is 1. The summed E-state index contributed by atoms with van der Waals surface area (Å²) >= 11 is 0. The van der Waals surface area contributed by atoms with Gasteiger partial charge in [0.25, 0.3) is 0 Å². The number of nitrogens with zero attached hydrogens (tertiary/aromatic N) is 2. The van der Waals surface area contributed by atoms with Crippen molar-refractivity contribution in [3.63, 3.8) is 0 Å². The molecule has 3 nitrogen and oxygen atoms in total. The number of aliphatic imine (C=N–C) groups is 2. The summed E-state index contributed by atoms with van der Waals surface area (Å²) in [6.45, 7) is 7.37. The van der Waals surface area contributed by atoms with Crippen LogP contribution < -0.4 is 0 Å². The Balaban J connectivity index is 2.06. The molecule has 0 radical (unpaired) electrons. The van der Waals surface area contributed by atoms with Crippen molar-refractivity contribution in [2.75, 3.05) is 0 Å². The molecule has 0 aliphatic heterocycles. The fourth-order valence-electron chi connectivity index (χ4n) is 1.65. The smallest absolute Gasteiger partial charge is 0.131 e. The minimum absolute atomic E-state index is 0.743. The molecule has 2 rings (SSSR count). The van der Waals surface area contributed by atoms with Crippen LogP contribution in [0, 0.1) is 0 Å². The average Bonchev–Trinajstić information content (AvgIpc) is 2.98. The van der Waals surface area contributed by atoms with Crippen LogP contribution in [-0.2, 0) is 0 Å². The van der Waals surface area contributed by atoms with Crippen molar-refractivity contribution in [1.82, 2.24) is 4.98 Å². The molecule has 0 aliphatic carbocycles. The molecule has 1 N–H and O–H groups in total. The third-order valence-corrected chi connectivity index (χ3v) is 2.71. The zero-order chi connectivity index (χ0) is 14.9. The fourth-order valence-corrected chi connectivity index (χ4v) is 1.65. The summed E-state index contributed by atoms with van der Waals surface area (Å²) in [7, 11) is 0. The highest BCUT2D eigenvalue weighted by atomic mass is 15.0. The van der Waals surface area contributed by atoms with Gasteiger partial charge in [-0.3, -0.25) is 0 Å². The first kappa shape index (κ1) is 14.5. The quantitative estimate of drug-likeness (QED) is 0.583. The minimum Gasteiger partial charge on any atom is -0.325 e. The minimum atomic E-state index is 0.743. The van der Waals surface area contributed by atoms with Gasteiger partial charge in [0.1, 0.15) is 11.6 Å². The number of aromatic nitrogens is 1. The maximum absolute atomic E-state index is 4.38. The van der Waals surface area contributed by atoms with Gasteiger partial charge in [-0.05, 0) is 23.3 Å². The van der Waals surface area contributed by atoms with Crippen LogP contribution >= 0.6 is 0 Å². The first-order valence-corrected chi connectivity index (χ1v) is 6.59. The van der Waals surface area contributed by atoms with E-state index in [1.807, 2.05) is 54.8 Å². The molecule has 0 amide bonds. The Morgan fingerprint density at radius 1 is 0.952 bits per heavy atom. The van der Waals surface area contributed by atoms with E-state index in [2.05, 4.69) is 28.1 Å². The van der Waals surface area contributed by atoms with Gasteiger partial charge in [0, 0.05) is 12.4 Å². The summed E-state index contributed by atoms with van der Waals surface area (Å²) in [5.41, 5.74) is 1.95. The molecule has 0 atom stereocenters. The lowest BCUT2D eigenvalue weighted by Crippen LogP contribution is -1.78. The van der Waals surface area contributed by atoms with Crippen LogP contribution in [0.2, 0.25) is 0 Å². The summed E-state index contributed by atoms with van der Waals surface area (Å²) in [4.78, 5) is 11.8. The van der Waals surface area contributed by atoms with E-state index in [1.54, 1.807) is 18.4 Å². The molecule has 0 aliphatic rings. The van der Waals surface area contributed by atoms with Gasteiger partial charge in [-0.2, -0.15) is 0 Å². The van der Waals surface area contributed by atoms with Crippen molar-refractivity contribution in [3.05, 3.63) is 85.0 Å². The second-order valence-electron chi connectivity index (χ2n) is 4.26. The van der Waals surface area contributed by atoms with E-state index >= 15 is 0 Å². The Morgan fingerprint density at radius 2 is 1.67 bits per heavy atom. The molecule has 104 valence electrons. The summed E-state index contributed by atoms with van der Waals surface area (Å²) in [5.74, 6) is 1.51. The SMILES string of the molecule is C=C/C=C(C=C)/C=N/c1ccc(/N=C/c2ccccc2)[nH]1. The van der Waals surface area contributed by atoms with Crippen LogP contribution in [0.15, 0.2) is 89.4 Å². The molecule has 2 aromatic rings. The van der Waals surface area contributed by atoms with E-state index in [4.69, 9.17) is 0 Å². The third-order valence-electron chi connectivity index (χ3n) is 2.71. The number of H-pyrrole nitrogens is 1. The summed E-state index contributed by atoms with van der Waals surface area (Å²) in [6.07, 6.45) is 8.81. The second kappa shape index (κ2) is 7.60. The van der Waals surface area contributed by atoms with E-state index in [9.17, 15) is 0 Å². The maximum Gasteiger partial charge on any atom is 0.131 e. The molecular weight excluding hydrogens is 258 g/mol. The van der Waals surface area contributed by atoms with E-state index < -0.39 is 0 Å². The van der Waals surface area contributed by atoms with E-state index in [0.29, 0.717) is 0 Å². The maximum atomic E-state index is 4.38.